The Kier molecular flexibility index (Phi) is 9.76. The van der Waals surface area contributed by atoms with E-state index in [0.717, 1.165) is 0 Å². The monoisotopic (exact) mass is 461 g/mol. The first kappa shape index (κ1) is 25.9. The van der Waals surface area contributed by atoms with Gasteiger partial charge in [-0.25, -0.2) is 13.6 Å². The second kappa shape index (κ2) is 12.0. The van der Waals surface area contributed by atoms with E-state index in [2.05, 4.69) is 20.8 Å². The van der Waals surface area contributed by atoms with Crippen molar-refractivity contribution in [3.05, 3.63) is 11.8 Å². The molecular weight excluding hydrogens is 428 g/mol. The third-order valence-corrected chi connectivity index (χ3v) is 5.22. The van der Waals surface area contributed by atoms with Gasteiger partial charge in [0.1, 0.15) is 6.04 Å². The van der Waals surface area contributed by atoms with Gasteiger partial charge in [0.25, 0.3) is 5.92 Å². The molecule has 2 rings (SSSR count). The summed E-state index contributed by atoms with van der Waals surface area (Å²) in [4.78, 5) is 26.9. The van der Waals surface area contributed by atoms with Crippen molar-refractivity contribution in [3.63, 3.8) is 0 Å². The number of aromatic nitrogens is 2. The number of ether oxygens (including phenoxy) is 1. The fourth-order valence-electron chi connectivity index (χ4n) is 3.37. The number of rotatable bonds is 11. The van der Waals surface area contributed by atoms with Crippen LogP contribution in [0, 0.1) is 0 Å². The number of halogens is 2. The third-order valence-electron chi connectivity index (χ3n) is 5.22. The average molecular weight is 462 g/mol. The molecule has 0 spiro atoms. The number of carbonyl (C=O) groups is 2. The highest BCUT2D eigenvalue weighted by atomic mass is 19.3. The summed E-state index contributed by atoms with van der Waals surface area (Å²) < 4.78 is 39.3. The highest BCUT2D eigenvalue weighted by Gasteiger charge is 2.38. The van der Waals surface area contributed by atoms with Crippen LogP contribution in [0.3, 0.4) is 0 Å². The van der Waals surface area contributed by atoms with Crippen molar-refractivity contribution in [3.8, 4) is 0 Å². The molecule has 32 heavy (non-hydrogen) atoms. The van der Waals surface area contributed by atoms with Crippen LogP contribution in [0.4, 0.5) is 13.6 Å². The van der Waals surface area contributed by atoms with Crippen molar-refractivity contribution < 1.29 is 32.6 Å². The van der Waals surface area contributed by atoms with Crippen LogP contribution in [-0.4, -0.2) is 76.5 Å². The van der Waals surface area contributed by atoms with E-state index in [0.29, 0.717) is 38.6 Å². The topological polar surface area (TPSA) is 130 Å². The lowest BCUT2D eigenvalue weighted by Gasteiger charge is -2.31. The van der Waals surface area contributed by atoms with Crippen molar-refractivity contribution >= 4 is 11.9 Å². The fraction of sp³-hybridized carbons (Fsp3) is 0.800. The molecule has 0 aliphatic carbocycles. The smallest absolute Gasteiger partial charge is 0.318 e. The van der Waals surface area contributed by atoms with Gasteiger partial charge in [-0.1, -0.05) is 27.2 Å². The van der Waals surface area contributed by atoms with Crippen LogP contribution in [0.2, 0.25) is 0 Å². The first-order valence-electron chi connectivity index (χ1n) is 11.0. The van der Waals surface area contributed by atoms with Crippen LogP contribution >= 0.6 is 0 Å². The van der Waals surface area contributed by atoms with Crippen LogP contribution in [0.5, 0.6) is 0 Å². The molecule has 0 bridgehead atoms. The number of urea groups is 1. The molecule has 1 fully saturated rings. The Labute approximate surface area is 186 Å². The van der Waals surface area contributed by atoms with Crippen molar-refractivity contribution in [1.82, 2.24) is 25.7 Å². The first-order chi connectivity index (χ1) is 15.2. The molecule has 1 saturated heterocycles. The Morgan fingerprint density at radius 3 is 2.44 bits per heavy atom. The Hall–Kier alpha value is -2.34. The summed E-state index contributed by atoms with van der Waals surface area (Å²) in [6.45, 7) is 6.42. The molecule has 1 aromatic rings. The van der Waals surface area contributed by atoms with E-state index in [1.807, 2.05) is 0 Å². The summed E-state index contributed by atoms with van der Waals surface area (Å²) in [6.07, 6.45) is -1.60. The molecule has 1 unspecified atom stereocenters. The van der Waals surface area contributed by atoms with Gasteiger partial charge in [0.2, 0.25) is 17.7 Å². The van der Waals surface area contributed by atoms with Gasteiger partial charge in [0.05, 0.1) is 19.3 Å². The number of hydrogen-bond acceptors (Lipinski definition) is 7. The zero-order valence-corrected chi connectivity index (χ0v) is 18.8. The second-order valence-electron chi connectivity index (χ2n) is 7.77. The number of morpholine rings is 1. The van der Waals surface area contributed by atoms with Crippen molar-refractivity contribution in [2.45, 2.75) is 77.0 Å². The highest BCUT2D eigenvalue weighted by molar-refractivity contribution is 5.87. The number of aliphatic hydroxyl groups excluding tert-OH is 1. The third kappa shape index (κ3) is 7.37. The Balaban J connectivity index is 2.12. The molecule has 10 nitrogen and oxygen atoms in total. The number of carbonyl (C=O) groups excluding carboxylic acids is 2. The number of nitrogens with zero attached hydrogens (tertiary/aromatic N) is 3. The normalized spacial score (nSPS) is 17.5. The van der Waals surface area contributed by atoms with Gasteiger partial charge in [0, 0.05) is 32.4 Å². The number of hydrogen-bond donors (Lipinski definition) is 3. The zero-order chi connectivity index (χ0) is 23.7. The van der Waals surface area contributed by atoms with Crippen molar-refractivity contribution in [2.24, 2.45) is 0 Å². The van der Waals surface area contributed by atoms with E-state index in [4.69, 9.17) is 9.15 Å². The first-order valence-corrected chi connectivity index (χ1v) is 11.0. The van der Waals surface area contributed by atoms with E-state index in [9.17, 15) is 23.5 Å². The Morgan fingerprint density at radius 1 is 1.19 bits per heavy atom. The van der Waals surface area contributed by atoms with Gasteiger partial charge in [-0.15, -0.1) is 10.2 Å². The van der Waals surface area contributed by atoms with Crippen LogP contribution in [-0.2, 0) is 16.0 Å². The van der Waals surface area contributed by atoms with Gasteiger partial charge in [0.15, 0.2) is 6.10 Å². The summed E-state index contributed by atoms with van der Waals surface area (Å²) in [6, 6.07) is -2.96. The van der Waals surface area contributed by atoms with Gasteiger partial charge >= 0.3 is 6.03 Å². The minimum absolute atomic E-state index is 0.0702. The van der Waals surface area contributed by atoms with E-state index < -0.39 is 48.9 Å². The van der Waals surface area contributed by atoms with Gasteiger partial charge < -0.3 is 29.8 Å². The van der Waals surface area contributed by atoms with Crippen LogP contribution in [0.1, 0.15) is 64.3 Å². The number of aliphatic hydroxyl groups is 1. The van der Waals surface area contributed by atoms with E-state index in [-0.39, 0.29) is 18.7 Å². The largest absolute Gasteiger partial charge is 0.422 e. The minimum atomic E-state index is -3.14. The summed E-state index contributed by atoms with van der Waals surface area (Å²) in [7, 11) is 0. The van der Waals surface area contributed by atoms with E-state index in [1.165, 1.54) is 4.90 Å². The zero-order valence-electron chi connectivity index (χ0n) is 18.8. The number of nitrogens with one attached hydrogen (secondary N) is 2. The van der Waals surface area contributed by atoms with Crippen LogP contribution < -0.4 is 10.6 Å². The fourth-order valence-corrected chi connectivity index (χ4v) is 3.37. The minimum Gasteiger partial charge on any atom is -0.422 e. The van der Waals surface area contributed by atoms with E-state index >= 15 is 0 Å². The lowest BCUT2D eigenvalue weighted by Crippen LogP contribution is -2.56. The van der Waals surface area contributed by atoms with Crippen molar-refractivity contribution in [1.29, 1.82) is 0 Å². The summed E-state index contributed by atoms with van der Waals surface area (Å²) in [5.74, 6) is -3.70. The maximum Gasteiger partial charge on any atom is 0.318 e. The molecule has 1 aromatic heterocycles. The van der Waals surface area contributed by atoms with E-state index in [1.54, 1.807) is 20.8 Å². The second-order valence-corrected chi connectivity index (χ2v) is 7.77. The average Bonchev–Trinajstić information content (AvgIpc) is 3.26. The summed E-state index contributed by atoms with van der Waals surface area (Å²) >= 11 is 0. The number of aryl methyl sites for hydroxylation is 1. The molecule has 12 heteroatoms. The molecule has 2 heterocycles. The Morgan fingerprint density at radius 2 is 1.88 bits per heavy atom. The summed E-state index contributed by atoms with van der Waals surface area (Å²) in [5.41, 5.74) is 0. The molecular formula is C20H33F2N5O5. The molecule has 1 aliphatic rings. The molecule has 0 aromatic carbocycles. The molecule has 0 radical (unpaired) electrons. The number of alkyl halides is 2. The molecule has 182 valence electrons. The predicted octanol–water partition coefficient (Wildman–Crippen LogP) is 1.80. The molecule has 3 N–H and O–H groups in total. The van der Waals surface area contributed by atoms with Gasteiger partial charge in [-0.3, -0.25) is 4.79 Å². The maximum atomic E-state index is 14.4. The Bertz CT molecular complexity index is 742. The standard InChI is InChI=1S/C20H33F2N5O5/c1-4-7-20(21,22)12-14(24-19(30)27-8-10-31-11-9-27)17(29)23-13(5-2)16(28)18-26-25-15(6-3)32-18/h13-14,16,28H,4-12H2,1-3H3,(H,23,29)(H,24,30)/t13-,14?,16-/m0/s1. The van der Waals surface area contributed by atoms with Crippen molar-refractivity contribution in [2.75, 3.05) is 26.3 Å². The van der Waals surface area contributed by atoms with Gasteiger partial charge in [-0.2, -0.15) is 0 Å². The maximum absolute atomic E-state index is 14.4. The quantitative estimate of drug-likeness (QED) is 0.458. The molecule has 0 saturated carbocycles. The lowest BCUT2D eigenvalue weighted by molar-refractivity contribution is -0.127. The van der Waals surface area contributed by atoms with Crippen LogP contribution in [0.15, 0.2) is 4.42 Å². The number of amides is 3. The van der Waals surface area contributed by atoms with Gasteiger partial charge in [-0.05, 0) is 6.42 Å². The molecule has 3 amide bonds. The lowest BCUT2D eigenvalue weighted by atomic mass is 10.0. The SMILES string of the molecule is CCCC(F)(F)CC(NC(=O)N1CCOCC1)C(=O)N[C@@H](CC)[C@H](O)c1nnc(CC)o1. The summed E-state index contributed by atoms with van der Waals surface area (Å²) in [5, 5.41) is 23.1. The highest BCUT2D eigenvalue weighted by Crippen LogP contribution is 2.27. The predicted molar refractivity (Wildman–Crippen MR) is 110 cm³/mol. The molecule has 1 aliphatic heterocycles. The van der Waals surface area contributed by atoms with Crippen LogP contribution in [0.25, 0.3) is 0 Å². The molecule has 3 atom stereocenters.